The van der Waals surface area contributed by atoms with Crippen LogP contribution in [-0.4, -0.2) is 24.5 Å². The second-order valence-electron chi connectivity index (χ2n) is 6.15. The minimum absolute atomic E-state index is 0. The number of aromatic nitrogens is 1. The molecule has 4 nitrogen and oxygen atoms in total. The third-order valence-electron chi connectivity index (χ3n) is 4.17. The van der Waals surface area contributed by atoms with Crippen LogP contribution in [0.25, 0.3) is 11.3 Å². The summed E-state index contributed by atoms with van der Waals surface area (Å²) < 4.78 is 13.2. The molecule has 1 aromatic heterocycles. The maximum atomic E-state index is 13.2. The van der Waals surface area contributed by atoms with Gasteiger partial charge in [0.2, 0.25) is 0 Å². The van der Waals surface area contributed by atoms with Crippen LogP contribution >= 0.6 is 24.0 Å². The van der Waals surface area contributed by atoms with Crippen molar-refractivity contribution in [3.05, 3.63) is 89.9 Å². The molecule has 2 aromatic carbocycles. The largest absolute Gasteiger partial charge is 0.356 e. The SMILES string of the molecule is CN=C(NCCc1cccc(F)c1)NCc1cccc(-c2ccccn2)c1.I. The summed E-state index contributed by atoms with van der Waals surface area (Å²) in [4.78, 5) is 8.63. The van der Waals surface area contributed by atoms with Gasteiger partial charge in [0.1, 0.15) is 5.82 Å². The van der Waals surface area contributed by atoms with Crippen LogP contribution in [0.1, 0.15) is 11.1 Å². The van der Waals surface area contributed by atoms with Crippen LogP contribution in [0.5, 0.6) is 0 Å². The van der Waals surface area contributed by atoms with Gasteiger partial charge in [0.25, 0.3) is 0 Å². The molecule has 3 rings (SSSR count). The Balaban J connectivity index is 0.00000280. The average molecular weight is 490 g/mol. The molecule has 2 N–H and O–H groups in total. The average Bonchev–Trinajstić information content (AvgIpc) is 2.71. The lowest BCUT2D eigenvalue weighted by Gasteiger charge is -2.12. The summed E-state index contributed by atoms with van der Waals surface area (Å²) in [5, 5.41) is 6.56. The molecule has 0 spiro atoms. The Morgan fingerprint density at radius 1 is 0.964 bits per heavy atom. The van der Waals surface area contributed by atoms with Crippen LogP contribution in [0.15, 0.2) is 77.9 Å². The zero-order valence-electron chi connectivity index (χ0n) is 15.7. The number of rotatable bonds is 6. The molecular weight excluding hydrogens is 466 g/mol. The van der Waals surface area contributed by atoms with Crippen LogP contribution in [0, 0.1) is 5.82 Å². The number of halogens is 2. The van der Waals surface area contributed by atoms with Crippen molar-refractivity contribution in [3.63, 3.8) is 0 Å². The Kier molecular flexibility index (Phi) is 8.87. The van der Waals surface area contributed by atoms with Gasteiger partial charge in [0.05, 0.1) is 5.69 Å². The van der Waals surface area contributed by atoms with Crippen molar-refractivity contribution < 1.29 is 4.39 Å². The number of nitrogens with one attached hydrogen (secondary N) is 2. The van der Waals surface area contributed by atoms with Gasteiger partial charge in [-0.1, -0.05) is 36.4 Å². The van der Waals surface area contributed by atoms with E-state index in [-0.39, 0.29) is 29.8 Å². The zero-order chi connectivity index (χ0) is 18.9. The van der Waals surface area contributed by atoms with E-state index in [4.69, 9.17) is 0 Å². The summed E-state index contributed by atoms with van der Waals surface area (Å²) in [6.07, 6.45) is 2.53. The van der Waals surface area contributed by atoms with Gasteiger partial charge in [-0.3, -0.25) is 9.98 Å². The third kappa shape index (κ3) is 6.60. The van der Waals surface area contributed by atoms with Gasteiger partial charge < -0.3 is 10.6 Å². The van der Waals surface area contributed by atoms with Crippen molar-refractivity contribution in [3.8, 4) is 11.3 Å². The van der Waals surface area contributed by atoms with Crippen molar-refractivity contribution in [1.82, 2.24) is 15.6 Å². The van der Waals surface area contributed by atoms with Crippen molar-refractivity contribution in [2.45, 2.75) is 13.0 Å². The van der Waals surface area contributed by atoms with Crippen LogP contribution in [-0.2, 0) is 13.0 Å². The molecule has 28 heavy (non-hydrogen) atoms. The highest BCUT2D eigenvalue weighted by atomic mass is 127. The molecule has 0 saturated carbocycles. The predicted octanol–water partition coefficient (Wildman–Crippen LogP) is 4.41. The fourth-order valence-electron chi connectivity index (χ4n) is 2.80. The number of benzene rings is 2. The van der Waals surface area contributed by atoms with Crippen LogP contribution in [0.3, 0.4) is 0 Å². The highest BCUT2D eigenvalue weighted by Crippen LogP contribution is 2.17. The van der Waals surface area contributed by atoms with E-state index in [0.717, 1.165) is 34.8 Å². The predicted molar refractivity (Wildman–Crippen MR) is 123 cm³/mol. The maximum Gasteiger partial charge on any atom is 0.191 e. The van der Waals surface area contributed by atoms with Crippen molar-refractivity contribution >= 4 is 29.9 Å². The molecule has 0 aliphatic carbocycles. The number of pyridine rings is 1. The van der Waals surface area contributed by atoms with E-state index < -0.39 is 0 Å². The van der Waals surface area contributed by atoms with E-state index in [1.807, 2.05) is 30.3 Å². The second-order valence-corrected chi connectivity index (χ2v) is 6.15. The smallest absolute Gasteiger partial charge is 0.191 e. The van der Waals surface area contributed by atoms with E-state index in [9.17, 15) is 4.39 Å². The maximum absolute atomic E-state index is 13.2. The molecule has 0 aliphatic rings. The first-order chi connectivity index (χ1) is 13.2. The lowest BCUT2D eigenvalue weighted by Crippen LogP contribution is -2.37. The van der Waals surface area contributed by atoms with Crippen molar-refractivity contribution in [1.29, 1.82) is 0 Å². The van der Waals surface area contributed by atoms with Gasteiger partial charge in [-0.2, -0.15) is 0 Å². The van der Waals surface area contributed by atoms with Gasteiger partial charge in [-0.15, -0.1) is 24.0 Å². The fourth-order valence-corrected chi connectivity index (χ4v) is 2.80. The van der Waals surface area contributed by atoms with Crippen LogP contribution in [0.4, 0.5) is 4.39 Å². The topological polar surface area (TPSA) is 49.3 Å². The number of hydrogen-bond acceptors (Lipinski definition) is 2. The highest BCUT2D eigenvalue weighted by molar-refractivity contribution is 14.0. The molecule has 0 aliphatic heterocycles. The first-order valence-corrected chi connectivity index (χ1v) is 8.94. The van der Waals surface area contributed by atoms with Crippen molar-refractivity contribution in [2.75, 3.05) is 13.6 Å². The quantitative estimate of drug-likeness (QED) is 0.306. The summed E-state index contributed by atoms with van der Waals surface area (Å²) in [6.45, 7) is 1.33. The standard InChI is InChI=1S/C22H23FN4.HI/c1-24-22(26-13-11-17-6-5-9-20(23)15-17)27-16-18-7-4-8-19(14-18)21-10-2-3-12-25-21;/h2-10,12,14-15H,11,13,16H2,1H3,(H2,24,26,27);1H. The van der Waals surface area contributed by atoms with Gasteiger partial charge in [0.15, 0.2) is 5.96 Å². The van der Waals surface area contributed by atoms with E-state index in [1.165, 1.54) is 6.07 Å². The first kappa shape index (κ1) is 21.8. The molecular formula is C22H24FIN4. The van der Waals surface area contributed by atoms with Gasteiger partial charge >= 0.3 is 0 Å². The molecule has 146 valence electrons. The molecule has 0 atom stereocenters. The normalized spacial score (nSPS) is 10.9. The summed E-state index contributed by atoms with van der Waals surface area (Å²) in [6, 6.07) is 20.8. The Morgan fingerprint density at radius 3 is 2.54 bits per heavy atom. The summed E-state index contributed by atoms with van der Waals surface area (Å²) in [5.41, 5.74) is 4.15. The fraction of sp³-hybridized carbons (Fsp3) is 0.182. The highest BCUT2D eigenvalue weighted by Gasteiger charge is 2.02. The number of guanidine groups is 1. The van der Waals surface area contributed by atoms with E-state index in [2.05, 4.69) is 38.8 Å². The van der Waals surface area contributed by atoms with Crippen molar-refractivity contribution in [2.24, 2.45) is 4.99 Å². The van der Waals surface area contributed by atoms with E-state index >= 15 is 0 Å². The summed E-state index contributed by atoms with van der Waals surface area (Å²) >= 11 is 0. The summed E-state index contributed by atoms with van der Waals surface area (Å²) in [5.74, 6) is 0.512. The number of hydrogen-bond donors (Lipinski definition) is 2. The van der Waals surface area contributed by atoms with Gasteiger partial charge in [0, 0.05) is 31.9 Å². The molecule has 0 bridgehead atoms. The second kappa shape index (κ2) is 11.4. The molecule has 0 saturated heterocycles. The monoisotopic (exact) mass is 490 g/mol. The minimum Gasteiger partial charge on any atom is -0.356 e. The Hall–Kier alpha value is -2.48. The molecule has 1 heterocycles. The molecule has 6 heteroatoms. The van der Waals surface area contributed by atoms with Crippen LogP contribution in [0.2, 0.25) is 0 Å². The summed E-state index contributed by atoms with van der Waals surface area (Å²) in [7, 11) is 1.74. The molecule has 0 amide bonds. The zero-order valence-corrected chi connectivity index (χ0v) is 18.1. The molecule has 3 aromatic rings. The lowest BCUT2D eigenvalue weighted by molar-refractivity contribution is 0.625. The lowest BCUT2D eigenvalue weighted by atomic mass is 10.1. The van der Waals surface area contributed by atoms with E-state index in [1.54, 1.807) is 25.4 Å². The number of nitrogens with zero attached hydrogens (tertiary/aromatic N) is 2. The van der Waals surface area contributed by atoms with Crippen LogP contribution < -0.4 is 10.6 Å². The van der Waals surface area contributed by atoms with E-state index in [0.29, 0.717) is 13.1 Å². The Labute approximate surface area is 182 Å². The Morgan fingerprint density at radius 2 is 1.79 bits per heavy atom. The Bertz CT molecular complexity index is 900. The first-order valence-electron chi connectivity index (χ1n) is 8.94. The third-order valence-corrected chi connectivity index (χ3v) is 4.17. The molecule has 0 fully saturated rings. The minimum atomic E-state index is -0.206. The van der Waals surface area contributed by atoms with Gasteiger partial charge in [-0.25, -0.2) is 4.39 Å². The molecule has 0 unspecified atom stereocenters. The van der Waals surface area contributed by atoms with Gasteiger partial charge in [-0.05, 0) is 47.9 Å². The molecule has 0 radical (unpaired) electrons. The number of aliphatic imine (C=N–C) groups is 1.